The lowest BCUT2D eigenvalue weighted by atomic mass is 10.0. The van der Waals surface area contributed by atoms with Gasteiger partial charge in [0, 0.05) is 25.0 Å². The molecule has 1 unspecified atom stereocenters. The van der Waals surface area contributed by atoms with Gasteiger partial charge < -0.3 is 14.8 Å². The molecule has 0 fully saturated rings. The summed E-state index contributed by atoms with van der Waals surface area (Å²) in [5.41, 5.74) is 2.25. The number of fused-ring (bicyclic) bond motifs is 1. The molecule has 1 atom stereocenters. The van der Waals surface area contributed by atoms with Crippen LogP contribution in [-0.2, 0) is 0 Å². The first-order chi connectivity index (χ1) is 9.65. The first-order valence-corrected chi connectivity index (χ1v) is 6.99. The van der Waals surface area contributed by atoms with Crippen LogP contribution in [0.4, 0.5) is 0 Å². The summed E-state index contributed by atoms with van der Waals surface area (Å²) in [6.45, 7) is 4.76. The van der Waals surface area contributed by atoms with Gasteiger partial charge in [-0.05, 0) is 31.4 Å². The van der Waals surface area contributed by atoms with Crippen molar-refractivity contribution >= 4 is 11.6 Å². The zero-order chi connectivity index (χ0) is 14.5. The molecule has 2 aromatic rings. The summed E-state index contributed by atoms with van der Waals surface area (Å²) in [7, 11) is 0. The van der Waals surface area contributed by atoms with Crippen LogP contribution in [0.15, 0.2) is 24.4 Å². The highest BCUT2D eigenvalue weighted by Crippen LogP contribution is 2.09. The number of aryl methyl sites for hydroxylation is 1. The molecule has 5 nitrogen and oxygen atoms in total. The van der Waals surface area contributed by atoms with E-state index < -0.39 is 0 Å². The highest BCUT2D eigenvalue weighted by molar-refractivity contribution is 5.92. The molecule has 0 aliphatic rings. The maximum Gasteiger partial charge on any atom is 0.271 e. The van der Waals surface area contributed by atoms with Crippen LogP contribution in [0.25, 0.3) is 5.65 Å². The van der Waals surface area contributed by atoms with Gasteiger partial charge in [0.1, 0.15) is 11.3 Å². The predicted octanol–water partition coefficient (Wildman–Crippen LogP) is 1.78. The summed E-state index contributed by atoms with van der Waals surface area (Å²) in [6.07, 6.45) is 3.40. The number of carbonyl (C=O) groups is 1. The molecule has 20 heavy (non-hydrogen) atoms. The Morgan fingerprint density at radius 3 is 2.95 bits per heavy atom. The number of carbonyl (C=O) groups excluding carboxylic acids is 1. The average molecular weight is 275 g/mol. The van der Waals surface area contributed by atoms with E-state index in [0.717, 1.165) is 17.8 Å². The molecule has 0 spiro atoms. The standard InChI is InChI=1S/C15H21N3O2/c1-3-12(7-8-19)9-16-15(20)13-10-18-11(2)5-4-6-14(18)17-13/h4-6,10,12,19H,3,7-9H2,1-2H3,(H,16,20). The van der Waals surface area contributed by atoms with E-state index in [0.29, 0.717) is 24.6 Å². The van der Waals surface area contributed by atoms with Crippen LogP contribution in [0.2, 0.25) is 0 Å². The zero-order valence-electron chi connectivity index (χ0n) is 12.0. The maximum absolute atomic E-state index is 12.1. The molecular weight excluding hydrogens is 254 g/mol. The van der Waals surface area contributed by atoms with Crippen molar-refractivity contribution in [1.29, 1.82) is 0 Å². The van der Waals surface area contributed by atoms with E-state index in [1.54, 1.807) is 6.20 Å². The molecule has 0 aliphatic heterocycles. The second-order valence-corrected chi connectivity index (χ2v) is 5.02. The van der Waals surface area contributed by atoms with Crippen LogP contribution in [-0.4, -0.2) is 33.6 Å². The molecule has 2 aromatic heterocycles. The Labute approximate surface area is 118 Å². The number of aliphatic hydroxyl groups excluding tert-OH is 1. The van der Waals surface area contributed by atoms with Gasteiger partial charge in [-0.25, -0.2) is 4.98 Å². The molecule has 5 heteroatoms. The minimum Gasteiger partial charge on any atom is -0.396 e. The van der Waals surface area contributed by atoms with Gasteiger partial charge in [0.25, 0.3) is 5.91 Å². The fourth-order valence-corrected chi connectivity index (χ4v) is 2.22. The van der Waals surface area contributed by atoms with Gasteiger partial charge in [-0.1, -0.05) is 19.4 Å². The number of imidazole rings is 1. The number of hydrogen-bond donors (Lipinski definition) is 2. The number of rotatable bonds is 6. The number of aliphatic hydroxyl groups is 1. The van der Waals surface area contributed by atoms with E-state index in [-0.39, 0.29) is 12.5 Å². The fraction of sp³-hybridized carbons (Fsp3) is 0.467. The Hall–Kier alpha value is -1.88. The first kappa shape index (κ1) is 14.5. The number of hydrogen-bond acceptors (Lipinski definition) is 3. The summed E-state index contributed by atoms with van der Waals surface area (Å²) in [4.78, 5) is 16.4. The van der Waals surface area contributed by atoms with Gasteiger partial charge in [-0.3, -0.25) is 4.79 Å². The highest BCUT2D eigenvalue weighted by atomic mass is 16.3. The third-order valence-electron chi connectivity index (χ3n) is 3.59. The smallest absolute Gasteiger partial charge is 0.271 e. The molecule has 2 heterocycles. The second kappa shape index (κ2) is 6.52. The molecule has 2 rings (SSSR count). The predicted molar refractivity (Wildman–Crippen MR) is 77.7 cm³/mol. The van der Waals surface area contributed by atoms with Crippen molar-refractivity contribution in [3.63, 3.8) is 0 Å². The zero-order valence-corrected chi connectivity index (χ0v) is 12.0. The van der Waals surface area contributed by atoms with Gasteiger partial charge in [0.05, 0.1) is 0 Å². The molecule has 0 aromatic carbocycles. The molecule has 0 bridgehead atoms. The summed E-state index contributed by atoms with van der Waals surface area (Å²) >= 11 is 0. The lowest BCUT2D eigenvalue weighted by Gasteiger charge is -2.13. The molecule has 0 saturated carbocycles. The molecule has 2 N–H and O–H groups in total. The highest BCUT2D eigenvalue weighted by Gasteiger charge is 2.13. The third-order valence-corrected chi connectivity index (χ3v) is 3.59. The van der Waals surface area contributed by atoms with E-state index in [4.69, 9.17) is 5.11 Å². The van der Waals surface area contributed by atoms with E-state index in [1.165, 1.54) is 0 Å². The summed E-state index contributed by atoms with van der Waals surface area (Å²) in [5, 5.41) is 11.8. The van der Waals surface area contributed by atoms with Crippen LogP contribution >= 0.6 is 0 Å². The van der Waals surface area contributed by atoms with Crippen LogP contribution in [0, 0.1) is 12.8 Å². The molecule has 0 aliphatic carbocycles. The number of aromatic nitrogens is 2. The normalized spacial score (nSPS) is 12.6. The fourth-order valence-electron chi connectivity index (χ4n) is 2.22. The molecular formula is C15H21N3O2. The summed E-state index contributed by atoms with van der Waals surface area (Å²) < 4.78 is 1.90. The summed E-state index contributed by atoms with van der Waals surface area (Å²) in [6, 6.07) is 5.78. The van der Waals surface area contributed by atoms with Crippen LogP contribution < -0.4 is 5.32 Å². The van der Waals surface area contributed by atoms with Crippen molar-refractivity contribution < 1.29 is 9.90 Å². The van der Waals surface area contributed by atoms with Gasteiger partial charge in [-0.15, -0.1) is 0 Å². The van der Waals surface area contributed by atoms with Crippen molar-refractivity contribution in [2.45, 2.75) is 26.7 Å². The Morgan fingerprint density at radius 1 is 1.50 bits per heavy atom. The lowest BCUT2D eigenvalue weighted by Crippen LogP contribution is -2.29. The molecule has 1 amide bonds. The van der Waals surface area contributed by atoms with Gasteiger partial charge in [0.2, 0.25) is 0 Å². The van der Waals surface area contributed by atoms with Gasteiger partial charge in [0.15, 0.2) is 0 Å². The maximum atomic E-state index is 12.1. The first-order valence-electron chi connectivity index (χ1n) is 6.99. The topological polar surface area (TPSA) is 66.6 Å². The Morgan fingerprint density at radius 2 is 2.30 bits per heavy atom. The second-order valence-electron chi connectivity index (χ2n) is 5.02. The lowest BCUT2D eigenvalue weighted by molar-refractivity contribution is 0.0939. The van der Waals surface area contributed by atoms with Crippen molar-refractivity contribution in [2.24, 2.45) is 5.92 Å². The Kier molecular flexibility index (Phi) is 4.74. The third kappa shape index (κ3) is 3.17. The minimum atomic E-state index is -0.163. The van der Waals surface area contributed by atoms with Crippen molar-refractivity contribution in [1.82, 2.24) is 14.7 Å². The Balaban J connectivity index is 2.06. The minimum absolute atomic E-state index is 0.155. The summed E-state index contributed by atoms with van der Waals surface area (Å²) in [5.74, 6) is 0.146. The van der Waals surface area contributed by atoms with Crippen molar-refractivity contribution in [2.75, 3.05) is 13.2 Å². The van der Waals surface area contributed by atoms with Gasteiger partial charge in [-0.2, -0.15) is 0 Å². The molecule has 108 valence electrons. The van der Waals surface area contributed by atoms with E-state index >= 15 is 0 Å². The van der Waals surface area contributed by atoms with E-state index in [9.17, 15) is 4.79 Å². The van der Waals surface area contributed by atoms with Crippen molar-refractivity contribution in [3.05, 3.63) is 35.8 Å². The number of nitrogens with zero attached hydrogens (tertiary/aromatic N) is 2. The number of amides is 1. The Bertz CT molecular complexity index is 592. The van der Waals surface area contributed by atoms with Crippen LogP contribution in [0.3, 0.4) is 0 Å². The van der Waals surface area contributed by atoms with Crippen LogP contribution in [0.5, 0.6) is 0 Å². The monoisotopic (exact) mass is 275 g/mol. The SMILES string of the molecule is CCC(CCO)CNC(=O)c1cn2c(C)cccc2n1. The molecule has 0 radical (unpaired) electrons. The molecule has 0 saturated heterocycles. The van der Waals surface area contributed by atoms with Crippen LogP contribution in [0.1, 0.15) is 35.9 Å². The van der Waals surface area contributed by atoms with E-state index in [1.807, 2.05) is 29.5 Å². The van der Waals surface area contributed by atoms with Crippen molar-refractivity contribution in [3.8, 4) is 0 Å². The largest absolute Gasteiger partial charge is 0.396 e. The number of nitrogens with one attached hydrogen (secondary N) is 1. The van der Waals surface area contributed by atoms with E-state index in [2.05, 4.69) is 17.2 Å². The van der Waals surface area contributed by atoms with Gasteiger partial charge >= 0.3 is 0 Å². The quantitative estimate of drug-likeness (QED) is 0.844. The average Bonchev–Trinajstić information content (AvgIpc) is 2.88. The number of pyridine rings is 1.